The Morgan fingerprint density at radius 2 is 1.19 bits per heavy atom. The van der Waals surface area contributed by atoms with Gasteiger partial charge in [-0.25, -0.2) is 0 Å². The quantitative estimate of drug-likeness (QED) is 0.392. The van der Waals surface area contributed by atoms with Crippen molar-refractivity contribution in [2.75, 3.05) is 52.1 Å². The highest BCUT2D eigenvalue weighted by Crippen LogP contribution is 1.87. The number of halogens is 1. The lowest BCUT2D eigenvalue weighted by Crippen LogP contribution is -2.13. The maximum absolute atomic E-state index is 5.44. The van der Waals surface area contributed by atoms with E-state index in [1.54, 1.807) is 0 Å². The fourth-order valence-corrected chi connectivity index (χ4v) is 1.05. The van der Waals surface area contributed by atoms with Crippen molar-refractivity contribution in [3.05, 3.63) is 0 Å². The molecule has 0 saturated heterocycles. The van der Waals surface area contributed by atoms with Gasteiger partial charge in [0.05, 0.1) is 52.4 Å². The minimum absolute atomic E-state index is 0.263. The van der Waals surface area contributed by atoms with Crippen molar-refractivity contribution >= 4 is 11.6 Å². The van der Waals surface area contributed by atoms with E-state index < -0.39 is 0 Å². The maximum Gasteiger partial charge on any atom is 0.0703 e. The lowest BCUT2D eigenvalue weighted by molar-refractivity contribution is -0.0107. The highest BCUT2D eigenvalue weighted by Gasteiger charge is 1.93. The van der Waals surface area contributed by atoms with Gasteiger partial charge in [0.25, 0.3) is 0 Å². The molecule has 4 nitrogen and oxygen atoms in total. The van der Waals surface area contributed by atoms with Crippen molar-refractivity contribution in [3.8, 4) is 0 Å². The van der Waals surface area contributed by atoms with E-state index in [1.165, 1.54) is 0 Å². The molecule has 0 N–H and O–H groups in total. The van der Waals surface area contributed by atoms with E-state index in [9.17, 15) is 0 Å². The van der Waals surface area contributed by atoms with Crippen LogP contribution in [0, 0.1) is 0 Å². The molecular formula is C11H23ClO4. The molecule has 0 saturated carbocycles. The van der Waals surface area contributed by atoms with Gasteiger partial charge in [-0.2, -0.15) is 0 Å². The number of hydrogen-bond acceptors (Lipinski definition) is 4. The van der Waals surface area contributed by atoms with E-state index in [0.29, 0.717) is 52.1 Å². The molecule has 0 heterocycles. The Kier molecular flexibility index (Phi) is 13.3. The van der Waals surface area contributed by atoms with Gasteiger partial charge in [0, 0.05) is 5.88 Å². The smallest absolute Gasteiger partial charge is 0.0703 e. The summed E-state index contributed by atoms with van der Waals surface area (Å²) in [4.78, 5) is 0. The Labute approximate surface area is 103 Å². The van der Waals surface area contributed by atoms with E-state index in [2.05, 4.69) is 0 Å². The van der Waals surface area contributed by atoms with Gasteiger partial charge in [-0.1, -0.05) is 0 Å². The molecule has 0 rings (SSSR count). The Morgan fingerprint density at radius 3 is 1.62 bits per heavy atom. The van der Waals surface area contributed by atoms with Crippen molar-refractivity contribution in [1.82, 2.24) is 0 Å². The van der Waals surface area contributed by atoms with Crippen LogP contribution >= 0.6 is 11.6 Å². The van der Waals surface area contributed by atoms with Gasteiger partial charge in [0.2, 0.25) is 0 Å². The molecule has 0 aromatic rings. The molecule has 0 aromatic heterocycles. The van der Waals surface area contributed by atoms with Crippen LogP contribution in [0.4, 0.5) is 0 Å². The second-order valence-corrected chi connectivity index (χ2v) is 3.82. The van der Waals surface area contributed by atoms with E-state index in [-0.39, 0.29) is 6.10 Å². The van der Waals surface area contributed by atoms with E-state index in [1.807, 2.05) is 13.8 Å². The second-order valence-electron chi connectivity index (χ2n) is 3.45. The largest absolute Gasteiger partial charge is 0.378 e. The Hall–Kier alpha value is 0.130. The first-order chi connectivity index (χ1) is 7.77. The van der Waals surface area contributed by atoms with Crippen molar-refractivity contribution in [2.45, 2.75) is 20.0 Å². The van der Waals surface area contributed by atoms with Crippen LogP contribution in [-0.2, 0) is 18.9 Å². The Morgan fingerprint density at radius 1 is 0.750 bits per heavy atom. The van der Waals surface area contributed by atoms with E-state index >= 15 is 0 Å². The van der Waals surface area contributed by atoms with Gasteiger partial charge in [-0.15, -0.1) is 11.6 Å². The lowest BCUT2D eigenvalue weighted by Gasteiger charge is -2.08. The fourth-order valence-electron chi connectivity index (χ4n) is 0.939. The van der Waals surface area contributed by atoms with Crippen LogP contribution in [0.15, 0.2) is 0 Å². The number of ether oxygens (including phenoxy) is 4. The average molecular weight is 255 g/mol. The molecule has 0 atom stereocenters. The van der Waals surface area contributed by atoms with Crippen molar-refractivity contribution in [1.29, 1.82) is 0 Å². The highest BCUT2D eigenvalue weighted by atomic mass is 35.5. The molecule has 0 aliphatic rings. The molecule has 0 aliphatic carbocycles. The van der Waals surface area contributed by atoms with Crippen molar-refractivity contribution in [2.24, 2.45) is 0 Å². The summed E-state index contributed by atoms with van der Waals surface area (Å²) < 4.78 is 21.0. The SMILES string of the molecule is CC(C)OCCOCCOCCOCCCl. The second kappa shape index (κ2) is 13.2. The third kappa shape index (κ3) is 14.1. The first-order valence-corrected chi connectivity index (χ1v) is 6.21. The Bertz CT molecular complexity index is 133. The first kappa shape index (κ1) is 16.1. The summed E-state index contributed by atoms with van der Waals surface area (Å²) in [5.41, 5.74) is 0. The van der Waals surface area contributed by atoms with Crippen molar-refractivity contribution < 1.29 is 18.9 Å². The van der Waals surface area contributed by atoms with Gasteiger partial charge in [-0.3, -0.25) is 0 Å². The summed E-state index contributed by atoms with van der Waals surface area (Å²) in [6, 6.07) is 0. The molecule has 98 valence electrons. The molecule has 0 bridgehead atoms. The molecule has 0 amide bonds. The topological polar surface area (TPSA) is 36.9 Å². The molecule has 0 spiro atoms. The van der Waals surface area contributed by atoms with Crippen LogP contribution in [0.1, 0.15) is 13.8 Å². The zero-order chi connectivity index (χ0) is 12.1. The first-order valence-electron chi connectivity index (χ1n) is 5.68. The zero-order valence-electron chi connectivity index (χ0n) is 10.2. The molecular weight excluding hydrogens is 232 g/mol. The highest BCUT2D eigenvalue weighted by molar-refractivity contribution is 6.17. The van der Waals surface area contributed by atoms with Gasteiger partial charge in [-0.05, 0) is 13.8 Å². The monoisotopic (exact) mass is 254 g/mol. The summed E-state index contributed by atoms with van der Waals surface area (Å²) in [6.45, 7) is 8.19. The van der Waals surface area contributed by atoms with Crippen LogP contribution in [0.2, 0.25) is 0 Å². The maximum atomic E-state index is 5.44. The van der Waals surface area contributed by atoms with E-state index in [4.69, 9.17) is 30.5 Å². The molecule has 0 aromatic carbocycles. The molecule has 5 heteroatoms. The van der Waals surface area contributed by atoms with Gasteiger partial charge < -0.3 is 18.9 Å². The number of alkyl halides is 1. The van der Waals surface area contributed by atoms with Crippen LogP contribution in [0.3, 0.4) is 0 Å². The summed E-state index contributed by atoms with van der Waals surface area (Å²) in [5, 5.41) is 0. The minimum Gasteiger partial charge on any atom is -0.378 e. The van der Waals surface area contributed by atoms with Crippen LogP contribution in [0.25, 0.3) is 0 Å². The lowest BCUT2D eigenvalue weighted by atomic mass is 10.5. The predicted molar refractivity (Wildman–Crippen MR) is 64.3 cm³/mol. The van der Waals surface area contributed by atoms with Crippen molar-refractivity contribution in [3.63, 3.8) is 0 Å². The third-order valence-electron chi connectivity index (χ3n) is 1.64. The van der Waals surface area contributed by atoms with Crippen LogP contribution < -0.4 is 0 Å². The average Bonchev–Trinajstić information content (AvgIpc) is 2.25. The molecule has 0 radical (unpaired) electrons. The molecule has 0 aliphatic heterocycles. The van der Waals surface area contributed by atoms with E-state index in [0.717, 1.165) is 0 Å². The minimum atomic E-state index is 0.263. The zero-order valence-corrected chi connectivity index (χ0v) is 11.0. The van der Waals surface area contributed by atoms with Gasteiger partial charge >= 0.3 is 0 Å². The number of hydrogen-bond donors (Lipinski definition) is 0. The normalized spacial score (nSPS) is 11.2. The third-order valence-corrected chi connectivity index (χ3v) is 1.80. The summed E-state index contributed by atoms with van der Waals surface area (Å²) in [6.07, 6.45) is 0.263. The van der Waals surface area contributed by atoms with Gasteiger partial charge in [0.15, 0.2) is 0 Å². The molecule has 0 unspecified atom stereocenters. The summed E-state index contributed by atoms with van der Waals surface area (Å²) in [7, 11) is 0. The van der Waals surface area contributed by atoms with Crippen LogP contribution in [-0.4, -0.2) is 58.2 Å². The standard InChI is InChI=1S/C11H23ClO4/c1-11(2)16-10-9-15-8-7-14-6-5-13-4-3-12/h11H,3-10H2,1-2H3. The summed E-state index contributed by atoms with van der Waals surface area (Å²) in [5.74, 6) is 0.527. The molecule has 16 heavy (non-hydrogen) atoms. The fraction of sp³-hybridized carbons (Fsp3) is 1.00. The summed E-state index contributed by atoms with van der Waals surface area (Å²) >= 11 is 5.44. The predicted octanol–water partition coefficient (Wildman–Crippen LogP) is 1.70. The Balaban J connectivity index is 2.88. The molecule has 0 fully saturated rings. The van der Waals surface area contributed by atoms with Gasteiger partial charge in [0.1, 0.15) is 0 Å². The van der Waals surface area contributed by atoms with Crippen LogP contribution in [0.5, 0.6) is 0 Å². The number of rotatable bonds is 12.